The zero-order valence-corrected chi connectivity index (χ0v) is 15.6. The minimum atomic E-state index is -0.170. The summed E-state index contributed by atoms with van der Waals surface area (Å²) >= 11 is 0. The molecule has 0 radical (unpaired) electrons. The van der Waals surface area contributed by atoms with Crippen LogP contribution in [-0.2, 0) is 4.79 Å². The maximum absolute atomic E-state index is 12.3. The average molecular weight is 374 g/mol. The smallest absolute Gasteiger partial charge is 0.255 e. The van der Waals surface area contributed by atoms with Gasteiger partial charge >= 0.3 is 0 Å². The predicted octanol–water partition coefficient (Wildman–Crippen LogP) is 3.75. The maximum Gasteiger partial charge on any atom is 0.255 e. The highest BCUT2D eigenvalue weighted by Gasteiger charge is 2.18. The molecule has 2 aromatic rings. The van der Waals surface area contributed by atoms with Crippen LogP contribution in [-0.4, -0.2) is 24.4 Å². The van der Waals surface area contributed by atoms with E-state index in [9.17, 15) is 9.59 Å². The fraction of sp³-hybridized carbons (Fsp3) is 0.300. The van der Waals surface area contributed by atoms with Gasteiger partial charge in [0.05, 0.1) is 0 Å². The van der Waals surface area contributed by atoms with Gasteiger partial charge in [0.2, 0.25) is 5.91 Å². The van der Waals surface area contributed by atoms with E-state index < -0.39 is 0 Å². The van der Waals surface area contributed by atoms with Crippen molar-refractivity contribution < 1.29 is 9.59 Å². The second kappa shape index (κ2) is 9.36. The molecular weight excluding hydrogens is 350 g/mol. The van der Waals surface area contributed by atoms with E-state index in [0.717, 1.165) is 30.6 Å². The van der Waals surface area contributed by atoms with Crippen LogP contribution in [0.5, 0.6) is 0 Å². The normalized spacial score (nSPS) is 15.8. The van der Waals surface area contributed by atoms with Gasteiger partial charge < -0.3 is 16.0 Å². The Labute approximate surface area is 160 Å². The Morgan fingerprint density at radius 3 is 2.58 bits per heavy atom. The van der Waals surface area contributed by atoms with Crippen LogP contribution < -0.4 is 16.0 Å². The first-order valence-electron chi connectivity index (χ1n) is 8.62. The van der Waals surface area contributed by atoms with E-state index >= 15 is 0 Å². The lowest BCUT2D eigenvalue weighted by Gasteiger charge is -2.14. The van der Waals surface area contributed by atoms with E-state index in [-0.39, 0.29) is 30.3 Å². The molecule has 138 valence electrons. The molecule has 1 aliphatic heterocycles. The summed E-state index contributed by atoms with van der Waals surface area (Å²) in [5, 5.41) is 9.16. The quantitative estimate of drug-likeness (QED) is 0.747. The van der Waals surface area contributed by atoms with Crippen LogP contribution in [0.2, 0.25) is 0 Å². The fourth-order valence-corrected chi connectivity index (χ4v) is 2.98. The van der Waals surface area contributed by atoms with E-state index in [1.54, 1.807) is 18.2 Å². The second-order valence-corrected chi connectivity index (χ2v) is 6.40. The molecule has 0 spiro atoms. The average Bonchev–Trinajstić information content (AvgIpc) is 3.11. The number of nitrogens with one attached hydrogen (secondary N) is 3. The third kappa shape index (κ3) is 5.31. The van der Waals surface area contributed by atoms with Gasteiger partial charge in [0.25, 0.3) is 5.91 Å². The number of anilines is 2. The highest BCUT2D eigenvalue weighted by Crippen LogP contribution is 2.21. The van der Waals surface area contributed by atoms with E-state index in [1.165, 1.54) is 0 Å². The highest BCUT2D eigenvalue weighted by molar-refractivity contribution is 6.04. The topological polar surface area (TPSA) is 70.2 Å². The Bertz CT molecular complexity index is 759. The maximum atomic E-state index is 12.3. The summed E-state index contributed by atoms with van der Waals surface area (Å²) in [5.74, 6) is -0.175. The van der Waals surface area contributed by atoms with Crippen LogP contribution in [0.4, 0.5) is 11.4 Å². The molecule has 0 saturated carbocycles. The van der Waals surface area contributed by atoms with E-state index in [4.69, 9.17) is 0 Å². The van der Waals surface area contributed by atoms with Crippen molar-refractivity contribution in [2.24, 2.45) is 0 Å². The van der Waals surface area contributed by atoms with Crippen molar-refractivity contribution in [2.45, 2.75) is 32.2 Å². The summed E-state index contributed by atoms with van der Waals surface area (Å²) in [4.78, 5) is 24.5. The van der Waals surface area contributed by atoms with Gasteiger partial charge in [-0.3, -0.25) is 9.59 Å². The molecule has 1 fully saturated rings. The lowest BCUT2D eigenvalue weighted by Crippen LogP contribution is -2.27. The van der Waals surface area contributed by atoms with Gasteiger partial charge in [-0.05, 0) is 56.1 Å². The number of benzene rings is 2. The van der Waals surface area contributed by atoms with E-state index in [0.29, 0.717) is 17.7 Å². The third-order valence-electron chi connectivity index (χ3n) is 4.40. The Balaban J connectivity index is 0.00000243. The van der Waals surface area contributed by atoms with E-state index in [1.807, 2.05) is 37.3 Å². The largest absolute Gasteiger partial charge is 0.326 e. The number of carbonyl (C=O) groups excluding carboxylic acids is 2. The number of carbonyl (C=O) groups is 2. The summed E-state index contributed by atoms with van der Waals surface area (Å²) in [6, 6.07) is 14.8. The number of aryl methyl sites for hydroxylation is 1. The third-order valence-corrected chi connectivity index (χ3v) is 4.40. The second-order valence-electron chi connectivity index (χ2n) is 6.40. The number of rotatable bonds is 5. The summed E-state index contributed by atoms with van der Waals surface area (Å²) in [6.07, 6.45) is 2.64. The molecule has 1 unspecified atom stereocenters. The molecule has 1 saturated heterocycles. The lowest BCUT2D eigenvalue weighted by atomic mass is 10.1. The zero-order chi connectivity index (χ0) is 17.6. The molecule has 0 aromatic heterocycles. The van der Waals surface area contributed by atoms with Gasteiger partial charge in [0, 0.05) is 29.4 Å². The number of amides is 2. The van der Waals surface area contributed by atoms with Crippen LogP contribution in [0.25, 0.3) is 0 Å². The molecular formula is C20H24ClN3O2. The van der Waals surface area contributed by atoms with Crippen molar-refractivity contribution in [2.75, 3.05) is 17.2 Å². The molecule has 3 rings (SSSR count). The Morgan fingerprint density at radius 1 is 1.12 bits per heavy atom. The van der Waals surface area contributed by atoms with Crippen molar-refractivity contribution in [1.29, 1.82) is 0 Å². The van der Waals surface area contributed by atoms with Gasteiger partial charge in [-0.15, -0.1) is 12.4 Å². The van der Waals surface area contributed by atoms with Gasteiger partial charge in [0.1, 0.15) is 0 Å². The van der Waals surface area contributed by atoms with Crippen LogP contribution in [0.3, 0.4) is 0 Å². The van der Waals surface area contributed by atoms with Crippen LogP contribution in [0.1, 0.15) is 35.2 Å². The van der Waals surface area contributed by atoms with Crippen LogP contribution in [0, 0.1) is 6.92 Å². The number of hydrogen-bond donors (Lipinski definition) is 3. The minimum absolute atomic E-state index is 0. The molecule has 1 atom stereocenters. The molecule has 0 bridgehead atoms. The summed E-state index contributed by atoms with van der Waals surface area (Å²) in [5.41, 5.74) is 2.95. The van der Waals surface area contributed by atoms with Crippen molar-refractivity contribution >= 4 is 35.6 Å². The van der Waals surface area contributed by atoms with Crippen molar-refractivity contribution in [3.63, 3.8) is 0 Å². The minimum Gasteiger partial charge on any atom is -0.326 e. The molecule has 5 nitrogen and oxygen atoms in total. The molecule has 26 heavy (non-hydrogen) atoms. The molecule has 0 aliphatic carbocycles. The Hall–Kier alpha value is -2.37. The monoisotopic (exact) mass is 373 g/mol. The number of halogens is 1. The summed E-state index contributed by atoms with van der Waals surface area (Å²) in [6.45, 7) is 2.92. The standard InChI is InChI=1S/C20H23N3O2.ClH/c1-14-9-10-17(22-20(25)15-6-3-2-4-7-15)12-18(14)23-19(24)13-16-8-5-11-21-16;/h2-4,6-7,9-10,12,16,21H,5,8,11,13H2,1H3,(H,22,25)(H,23,24);1H. The van der Waals surface area contributed by atoms with Gasteiger partial charge in [-0.2, -0.15) is 0 Å². The van der Waals surface area contributed by atoms with Crippen LogP contribution >= 0.6 is 12.4 Å². The first-order chi connectivity index (χ1) is 12.1. The Kier molecular flexibility index (Phi) is 7.18. The van der Waals surface area contributed by atoms with E-state index in [2.05, 4.69) is 16.0 Å². The summed E-state index contributed by atoms with van der Waals surface area (Å²) in [7, 11) is 0. The van der Waals surface area contributed by atoms with Crippen molar-refractivity contribution in [3.05, 3.63) is 59.7 Å². The van der Waals surface area contributed by atoms with Gasteiger partial charge in [0.15, 0.2) is 0 Å². The molecule has 2 aromatic carbocycles. The number of hydrogen-bond acceptors (Lipinski definition) is 3. The lowest BCUT2D eigenvalue weighted by molar-refractivity contribution is -0.116. The van der Waals surface area contributed by atoms with Crippen LogP contribution in [0.15, 0.2) is 48.5 Å². The van der Waals surface area contributed by atoms with Crippen molar-refractivity contribution in [1.82, 2.24) is 5.32 Å². The molecule has 2 amide bonds. The van der Waals surface area contributed by atoms with Crippen molar-refractivity contribution in [3.8, 4) is 0 Å². The molecule has 1 heterocycles. The molecule has 6 heteroatoms. The summed E-state index contributed by atoms with van der Waals surface area (Å²) < 4.78 is 0. The molecule has 3 N–H and O–H groups in total. The first kappa shape index (κ1) is 19.9. The fourth-order valence-electron chi connectivity index (χ4n) is 2.98. The molecule has 1 aliphatic rings. The zero-order valence-electron chi connectivity index (χ0n) is 14.7. The predicted molar refractivity (Wildman–Crippen MR) is 107 cm³/mol. The van der Waals surface area contributed by atoms with Gasteiger partial charge in [-0.25, -0.2) is 0 Å². The van der Waals surface area contributed by atoms with Gasteiger partial charge in [-0.1, -0.05) is 24.3 Å². The first-order valence-corrected chi connectivity index (χ1v) is 8.62. The Morgan fingerprint density at radius 2 is 1.88 bits per heavy atom. The highest BCUT2D eigenvalue weighted by atomic mass is 35.5. The SMILES string of the molecule is Cc1ccc(NC(=O)c2ccccc2)cc1NC(=O)CC1CCCN1.Cl.